The van der Waals surface area contributed by atoms with E-state index in [1.54, 1.807) is 0 Å². The van der Waals surface area contributed by atoms with Crippen molar-refractivity contribution in [2.45, 2.75) is 25.4 Å². The van der Waals surface area contributed by atoms with E-state index in [9.17, 15) is 0 Å². The molecule has 0 radical (unpaired) electrons. The van der Waals surface area contributed by atoms with E-state index in [0.717, 1.165) is 12.2 Å². The Hall–Kier alpha value is -2.02. The summed E-state index contributed by atoms with van der Waals surface area (Å²) in [4.78, 5) is 0. The second-order valence-electron chi connectivity index (χ2n) is 5.84. The SMILES string of the molecule is Cc1ccc([C@@H]2c3ccccc3O[C@@H]3C=CC[C@H]23)cc1. The molecule has 1 nitrogen and oxygen atoms in total. The van der Waals surface area contributed by atoms with Gasteiger partial charge in [-0.2, -0.15) is 0 Å². The predicted octanol–water partition coefficient (Wildman–Crippen LogP) is 4.46. The van der Waals surface area contributed by atoms with Gasteiger partial charge < -0.3 is 4.74 Å². The molecule has 0 unspecified atom stereocenters. The highest BCUT2D eigenvalue weighted by Gasteiger charge is 2.39. The van der Waals surface area contributed by atoms with Crippen LogP contribution in [-0.2, 0) is 0 Å². The molecule has 0 fully saturated rings. The van der Waals surface area contributed by atoms with E-state index in [-0.39, 0.29) is 6.10 Å². The van der Waals surface area contributed by atoms with Crippen LogP contribution in [0, 0.1) is 12.8 Å². The smallest absolute Gasteiger partial charge is 0.124 e. The van der Waals surface area contributed by atoms with Crippen LogP contribution in [-0.4, -0.2) is 6.10 Å². The lowest BCUT2D eigenvalue weighted by Crippen LogP contribution is -2.32. The van der Waals surface area contributed by atoms with E-state index in [1.807, 2.05) is 0 Å². The fraction of sp³-hybridized carbons (Fsp3) is 0.263. The summed E-state index contributed by atoms with van der Waals surface area (Å²) in [6.07, 6.45) is 5.83. The molecular formula is C19H18O. The zero-order chi connectivity index (χ0) is 13.5. The number of fused-ring (bicyclic) bond motifs is 2. The third kappa shape index (κ3) is 1.77. The van der Waals surface area contributed by atoms with Gasteiger partial charge in [-0.3, -0.25) is 0 Å². The zero-order valence-corrected chi connectivity index (χ0v) is 11.6. The van der Waals surface area contributed by atoms with Gasteiger partial charge in [-0.25, -0.2) is 0 Å². The van der Waals surface area contributed by atoms with Gasteiger partial charge in [0.2, 0.25) is 0 Å². The molecule has 0 N–H and O–H groups in total. The van der Waals surface area contributed by atoms with Crippen LogP contribution in [0.4, 0.5) is 0 Å². The highest BCUT2D eigenvalue weighted by Crippen LogP contribution is 2.47. The molecular weight excluding hydrogens is 244 g/mol. The Bertz CT molecular complexity index is 654. The van der Waals surface area contributed by atoms with E-state index in [4.69, 9.17) is 4.74 Å². The quantitative estimate of drug-likeness (QED) is 0.689. The van der Waals surface area contributed by atoms with Gasteiger partial charge in [-0.15, -0.1) is 0 Å². The molecule has 1 aliphatic heterocycles. The van der Waals surface area contributed by atoms with Gasteiger partial charge in [0.15, 0.2) is 0 Å². The maximum atomic E-state index is 6.14. The van der Waals surface area contributed by atoms with Crippen molar-refractivity contribution in [1.82, 2.24) is 0 Å². The molecule has 1 heterocycles. The van der Waals surface area contributed by atoms with E-state index in [2.05, 4.69) is 67.6 Å². The minimum absolute atomic E-state index is 0.233. The van der Waals surface area contributed by atoms with Crippen molar-refractivity contribution in [2.24, 2.45) is 5.92 Å². The average Bonchev–Trinajstić information content (AvgIpc) is 2.93. The van der Waals surface area contributed by atoms with Crippen molar-refractivity contribution in [2.75, 3.05) is 0 Å². The number of ether oxygens (including phenoxy) is 1. The Balaban J connectivity index is 1.85. The van der Waals surface area contributed by atoms with Gasteiger partial charge in [-0.05, 0) is 31.1 Å². The van der Waals surface area contributed by atoms with Crippen LogP contribution in [0.5, 0.6) is 5.75 Å². The predicted molar refractivity (Wildman–Crippen MR) is 81.1 cm³/mol. The first-order valence-corrected chi connectivity index (χ1v) is 7.32. The maximum absolute atomic E-state index is 6.14. The van der Waals surface area contributed by atoms with Crippen molar-refractivity contribution in [1.29, 1.82) is 0 Å². The molecule has 1 aliphatic carbocycles. The van der Waals surface area contributed by atoms with Gasteiger partial charge in [0.1, 0.15) is 11.9 Å². The molecule has 4 rings (SSSR count). The van der Waals surface area contributed by atoms with E-state index in [0.29, 0.717) is 11.8 Å². The minimum atomic E-state index is 0.233. The highest BCUT2D eigenvalue weighted by molar-refractivity contribution is 5.46. The number of aryl methyl sites for hydroxylation is 1. The van der Waals surface area contributed by atoms with E-state index < -0.39 is 0 Å². The monoisotopic (exact) mass is 262 g/mol. The molecule has 0 saturated heterocycles. The lowest BCUT2D eigenvalue weighted by molar-refractivity contribution is 0.153. The van der Waals surface area contributed by atoms with Crippen molar-refractivity contribution >= 4 is 0 Å². The lowest BCUT2D eigenvalue weighted by Gasteiger charge is -2.36. The van der Waals surface area contributed by atoms with Crippen molar-refractivity contribution < 1.29 is 4.74 Å². The molecule has 0 saturated carbocycles. The summed E-state index contributed by atoms with van der Waals surface area (Å²) in [6.45, 7) is 2.14. The summed E-state index contributed by atoms with van der Waals surface area (Å²) in [5, 5.41) is 0. The fourth-order valence-corrected chi connectivity index (χ4v) is 3.52. The summed E-state index contributed by atoms with van der Waals surface area (Å²) in [6, 6.07) is 17.5. The lowest BCUT2D eigenvalue weighted by atomic mass is 9.76. The molecule has 2 aliphatic rings. The molecule has 20 heavy (non-hydrogen) atoms. The van der Waals surface area contributed by atoms with Crippen LogP contribution in [0.2, 0.25) is 0 Å². The standard InChI is InChI=1S/C19H18O/c1-13-9-11-14(12-10-13)19-15-5-2-3-7-17(15)20-18-8-4-6-16(18)19/h2-5,7-12,16,18-19H,6H2,1H3/t16-,18+,19+/m0/s1. The normalized spacial score (nSPS) is 26.8. The van der Waals surface area contributed by atoms with E-state index >= 15 is 0 Å². The van der Waals surface area contributed by atoms with Gasteiger partial charge >= 0.3 is 0 Å². The summed E-state index contributed by atoms with van der Waals surface area (Å²) < 4.78 is 6.14. The molecule has 100 valence electrons. The highest BCUT2D eigenvalue weighted by atomic mass is 16.5. The molecule has 2 aromatic carbocycles. The second kappa shape index (κ2) is 4.52. The number of para-hydroxylation sites is 1. The topological polar surface area (TPSA) is 9.23 Å². The Kier molecular flexibility index (Phi) is 2.66. The molecule has 1 heteroatoms. The Morgan fingerprint density at radius 3 is 2.65 bits per heavy atom. The fourth-order valence-electron chi connectivity index (χ4n) is 3.52. The number of benzene rings is 2. The summed E-state index contributed by atoms with van der Waals surface area (Å²) in [7, 11) is 0. The number of hydrogen-bond donors (Lipinski definition) is 0. The maximum Gasteiger partial charge on any atom is 0.124 e. The van der Waals surface area contributed by atoms with Crippen LogP contribution in [0.1, 0.15) is 29.0 Å². The van der Waals surface area contributed by atoms with Gasteiger partial charge in [0, 0.05) is 17.4 Å². The van der Waals surface area contributed by atoms with Crippen LogP contribution >= 0.6 is 0 Å². The Morgan fingerprint density at radius 1 is 1.00 bits per heavy atom. The van der Waals surface area contributed by atoms with Crippen LogP contribution in [0.3, 0.4) is 0 Å². The molecule has 0 amide bonds. The van der Waals surface area contributed by atoms with Crippen LogP contribution in [0.15, 0.2) is 60.7 Å². The Labute approximate surface area is 119 Å². The number of hydrogen-bond acceptors (Lipinski definition) is 1. The summed E-state index contributed by atoms with van der Waals surface area (Å²) in [5.41, 5.74) is 4.06. The van der Waals surface area contributed by atoms with Crippen molar-refractivity contribution in [3.63, 3.8) is 0 Å². The van der Waals surface area contributed by atoms with E-state index in [1.165, 1.54) is 16.7 Å². The van der Waals surface area contributed by atoms with Gasteiger partial charge in [0.25, 0.3) is 0 Å². The average molecular weight is 262 g/mol. The molecule has 2 aromatic rings. The number of allylic oxidation sites excluding steroid dienone is 1. The first kappa shape index (κ1) is 11.8. The summed E-state index contributed by atoms with van der Waals surface area (Å²) in [5.74, 6) is 2.03. The van der Waals surface area contributed by atoms with Crippen LogP contribution in [0.25, 0.3) is 0 Å². The first-order valence-electron chi connectivity index (χ1n) is 7.32. The third-order valence-electron chi connectivity index (χ3n) is 4.54. The minimum Gasteiger partial charge on any atom is -0.486 e. The first-order chi connectivity index (χ1) is 9.83. The van der Waals surface area contributed by atoms with Gasteiger partial charge in [0.05, 0.1) is 0 Å². The Morgan fingerprint density at radius 2 is 1.80 bits per heavy atom. The molecule has 0 aromatic heterocycles. The largest absolute Gasteiger partial charge is 0.486 e. The van der Waals surface area contributed by atoms with Crippen LogP contribution < -0.4 is 4.74 Å². The number of rotatable bonds is 1. The molecule has 0 spiro atoms. The molecule has 0 bridgehead atoms. The van der Waals surface area contributed by atoms with Gasteiger partial charge in [-0.1, -0.05) is 54.1 Å². The second-order valence-corrected chi connectivity index (χ2v) is 5.84. The van der Waals surface area contributed by atoms with Crippen molar-refractivity contribution in [3.05, 3.63) is 77.4 Å². The summed E-state index contributed by atoms with van der Waals surface area (Å²) >= 11 is 0. The zero-order valence-electron chi connectivity index (χ0n) is 11.6. The third-order valence-corrected chi connectivity index (χ3v) is 4.54. The van der Waals surface area contributed by atoms with Crippen molar-refractivity contribution in [3.8, 4) is 5.75 Å². The molecule has 3 atom stereocenters.